The van der Waals surface area contributed by atoms with Crippen molar-refractivity contribution in [2.45, 2.75) is 13.5 Å². The number of piperazine rings is 1. The number of fused-ring (bicyclic) bond motifs is 1. The third-order valence-electron chi connectivity index (χ3n) is 7.10. The van der Waals surface area contributed by atoms with Gasteiger partial charge in [-0.25, -0.2) is 0 Å². The topological polar surface area (TPSA) is 80.2 Å². The van der Waals surface area contributed by atoms with Gasteiger partial charge >= 0.3 is 0 Å². The maximum Gasteiger partial charge on any atom is 0.126 e. The number of anilines is 2. The lowest BCUT2D eigenvalue weighted by atomic mass is 10.0. The highest BCUT2D eigenvalue weighted by atomic mass is 16.5. The molecule has 7 nitrogen and oxygen atoms in total. The van der Waals surface area contributed by atoms with Gasteiger partial charge < -0.3 is 19.9 Å². The summed E-state index contributed by atoms with van der Waals surface area (Å²) in [5.74, 6) is 0.811. The molecule has 0 radical (unpaired) electrons. The van der Waals surface area contributed by atoms with E-state index in [1.807, 2.05) is 36.5 Å². The Morgan fingerprint density at radius 3 is 2.68 bits per heavy atom. The molecule has 0 bridgehead atoms. The molecule has 1 aliphatic rings. The fraction of sp³-hybridized carbons (Fsp3) is 0.267. The third kappa shape index (κ3) is 5.36. The van der Waals surface area contributed by atoms with Gasteiger partial charge in [-0.3, -0.25) is 9.88 Å². The van der Waals surface area contributed by atoms with E-state index in [2.05, 4.69) is 63.3 Å². The first-order chi connectivity index (χ1) is 18.1. The Hall–Kier alpha value is -4.12. The van der Waals surface area contributed by atoms with Gasteiger partial charge in [-0.15, -0.1) is 0 Å². The predicted octanol–water partition coefficient (Wildman–Crippen LogP) is 5.41. The maximum absolute atomic E-state index is 9.82. The van der Waals surface area contributed by atoms with Crippen LogP contribution < -0.4 is 10.1 Å². The van der Waals surface area contributed by atoms with Crippen LogP contribution in [0.3, 0.4) is 0 Å². The Morgan fingerprint density at radius 2 is 1.89 bits per heavy atom. The standard InChI is InChI=1S/C30H32N6O/c1-21-26-10-11-33-28(26)8-7-27(21)34-30-24(18-32-19-25(30)17-31)6-5-23-16-22(4-9-29(23)37-3)20-36-14-12-35(2)13-15-36/h4-11,16,18-19,33H,12-15,20H2,1-3H3,(H,32,34). The number of benzene rings is 2. The summed E-state index contributed by atoms with van der Waals surface area (Å²) in [6.07, 6.45) is 9.36. The van der Waals surface area contributed by atoms with Crippen LogP contribution in [0.5, 0.6) is 5.75 Å². The van der Waals surface area contributed by atoms with Crippen molar-refractivity contribution < 1.29 is 4.74 Å². The first-order valence-corrected chi connectivity index (χ1v) is 12.5. The molecule has 5 rings (SSSR count). The van der Waals surface area contributed by atoms with Gasteiger partial charge in [-0.1, -0.05) is 18.2 Å². The second-order valence-electron chi connectivity index (χ2n) is 9.55. The Kier molecular flexibility index (Phi) is 7.22. The molecule has 0 amide bonds. The largest absolute Gasteiger partial charge is 0.496 e. The van der Waals surface area contributed by atoms with Gasteiger partial charge in [0.05, 0.1) is 18.4 Å². The number of rotatable bonds is 7. The first kappa shape index (κ1) is 24.6. The van der Waals surface area contributed by atoms with E-state index >= 15 is 0 Å². The lowest BCUT2D eigenvalue weighted by Crippen LogP contribution is -2.43. The number of nitrogens with zero attached hydrogens (tertiary/aromatic N) is 4. The van der Waals surface area contributed by atoms with Gasteiger partial charge in [0, 0.05) is 79.0 Å². The Balaban J connectivity index is 1.44. The number of aromatic nitrogens is 2. The summed E-state index contributed by atoms with van der Waals surface area (Å²) < 4.78 is 5.65. The highest BCUT2D eigenvalue weighted by molar-refractivity contribution is 5.90. The molecule has 0 atom stereocenters. The number of pyridine rings is 1. The van der Waals surface area contributed by atoms with Crippen LogP contribution in [-0.2, 0) is 6.54 Å². The molecular weight excluding hydrogens is 460 g/mol. The first-order valence-electron chi connectivity index (χ1n) is 12.5. The fourth-order valence-corrected chi connectivity index (χ4v) is 4.84. The van der Waals surface area contributed by atoms with Crippen LogP contribution in [0.2, 0.25) is 0 Å². The average molecular weight is 493 g/mol. The molecular formula is C30H32N6O. The van der Waals surface area contributed by atoms with Crippen LogP contribution in [-0.4, -0.2) is 60.1 Å². The predicted molar refractivity (Wildman–Crippen MR) is 150 cm³/mol. The van der Waals surface area contributed by atoms with Crippen LogP contribution >= 0.6 is 0 Å². The smallest absolute Gasteiger partial charge is 0.126 e. The van der Waals surface area contributed by atoms with E-state index in [9.17, 15) is 5.26 Å². The van der Waals surface area contributed by atoms with E-state index in [1.54, 1.807) is 19.5 Å². The number of aryl methyl sites for hydroxylation is 1. The molecule has 0 aliphatic carbocycles. The summed E-state index contributed by atoms with van der Waals surface area (Å²) in [4.78, 5) is 12.4. The lowest BCUT2D eigenvalue weighted by molar-refractivity contribution is 0.148. The zero-order valence-electron chi connectivity index (χ0n) is 21.6. The number of aromatic amines is 1. The molecule has 0 saturated carbocycles. The van der Waals surface area contributed by atoms with E-state index in [0.717, 1.165) is 77.4 Å². The second kappa shape index (κ2) is 10.9. The quantitative estimate of drug-likeness (QED) is 0.359. The SMILES string of the molecule is COc1ccc(CN2CCN(C)CC2)cc1C=Cc1cncc(C#N)c1Nc1ccc2[nH]ccc2c1C. The minimum atomic E-state index is 0.492. The highest BCUT2D eigenvalue weighted by Crippen LogP contribution is 2.32. The lowest BCUT2D eigenvalue weighted by Gasteiger charge is -2.32. The molecule has 37 heavy (non-hydrogen) atoms. The van der Waals surface area contributed by atoms with Crippen molar-refractivity contribution in [3.05, 3.63) is 82.8 Å². The molecule has 1 aliphatic heterocycles. The molecule has 1 saturated heterocycles. The molecule has 0 unspecified atom stereocenters. The van der Waals surface area contributed by atoms with E-state index in [-0.39, 0.29) is 0 Å². The van der Waals surface area contributed by atoms with Gasteiger partial charge in [0.25, 0.3) is 0 Å². The highest BCUT2D eigenvalue weighted by Gasteiger charge is 2.15. The molecule has 2 aromatic carbocycles. The summed E-state index contributed by atoms with van der Waals surface area (Å²) in [7, 11) is 3.87. The molecule has 2 N–H and O–H groups in total. The molecule has 4 aromatic rings. The van der Waals surface area contributed by atoms with E-state index in [1.165, 1.54) is 5.56 Å². The number of likely N-dealkylation sites (N-methyl/N-ethyl adjacent to an activating group) is 1. The van der Waals surface area contributed by atoms with Crippen LogP contribution in [0.15, 0.2) is 55.0 Å². The van der Waals surface area contributed by atoms with Crippen molar-refractivity contribution in [3.8, 4) is 11.8 Å². The van der Waals surface area contributed by atoms with Gasteiger partial charge in [0.15, 0.2) is 0 Å². The maximum atomic E-state index is 9.82. The zero-order valence-corrected chi connectivity index (χ0v) is 21.6. The summed E-state index contributed by atoms with van der Waals surface area (Å²) in [6.45, 7) is 7.33. The minimum absolute atomic E-state index is 0.492. The molecule has 1 fully saturated rings. The number of ether oxygens (including phenoxy) is 1. The number of nitrogens with one attached hydrogen (secondary N) is 2. The number of methoxy groups -OCH3 is 1. The monoisotopic (exact) mass is 492 g/mol. The number of hydrogen-bond donors (Lipinski definition) is 2. The normalized spacial score (nSPS) is 14.8. The molecule has 3 heterocycles. The van der Waals surface area contributed by atoms with Gasteiger partial charge in [-0.05, 0) is 55.4 Å². The number of hydrogen-bond acceptors (Lipinski definition) is 6. The molecule has 2 aromatic heterocycles. The van der Waals surface area contributed by atoms with Crippen molar-refractivity contribution in [3.63, 3.8) is 0 Å². The van der Waals surface area contributed by atoms with Crippen molar-refractivity contribution in [1.82, 2.24) is 19.8 Å². The average Bonchev–Trinajstić information content (AvgIpc) is 3.41. The van der Waals surface area contributed by atoms with Crippen LogP contribution in [0, 0.1) is 18.3 Å². The van der Waals surface area contributed by atoms with Crippen molar-refractivity contribution in [2.24, 2.45) is 0 Å². The summed E-state index contributed by atoms with van der Waals surface area (Å²) in [6, 6.07) is 14.8. The van der Waals surface area contributed by atoms with Gasteiger partial charge in [-0.2, -0.15) is 5.26 Å². The summed E-state index contributed by atoms with van der Waals surface area (Å²) >= 11 is 0. The Bertz CT molecular complexity index is 1470. The molecule has 188 valence electrons. The van der Waals surface area contributed by atoms with E-state index in [0.29, 0.717) is 5.56 Å². The third-order valence-corrected chi connectivity index (χ3v) is 7.10. The molecule has 7 heteroatoms. The second-order valence-corrected chi connectivity index (χ2v) is 9.55. The Morgan fingerprint density at radius 1 is 1.08 bits per heavy atom. The summed E-state index contributed by atoms with van der Waals surface area (Å²) in [5.41, 5.74) is 7.46. The van der Waals surface area contributed by atoms with Crippen LogP contribution in [0.4, 0.5) is 11.4 Å². The number of H-pyrrole nitrogens is 1. The van der Waals surface area contributed by atoms with Crippen molar-refractivity contribution in [2.75, 3.05) is 45.7 Å². The van der Waals surface area contributed by atoms with Gasteiger partial charge in [0.2, 0.25) is 0 Å². The fourth-order valence-electron chi connectivity index (χ4n) is 4.84. The van der Waals surface area contributed by atoms with Crippen LogP contribution in [0.1, 0.15) is 27.8 Å². The molecule has 0 spiro atoms. The minimum Gasteiger partial charge on any atom is -0.496 e. The van der Waals surface area contributed by atoms with Gasteiger partial charge in [0.1, 0.15) is 11.8 Å². The van der Waals surface area contributed by atoms with Crippen molar-refractivity contribution in [1.29, 1.82) is 5.26 Å². The van der Waals surface area contributed by atoms with E-state index in [4.69, 9.17) is 4.74 Å². The number of nitriles is 1. The van der Waals surface area contributed by atoms with Crippen LogP contribution in [0.25, 0.3) is 23.1 Å². The summed E-state index contributed by atoms with van der Waals surface area (Å²) in [5, 5.41) is 14.5. The van der Waals surface area contributed by atoms with E-state index < -0.39 is 0 Å². The van der Waals surface area contributed by atoms with Crippen molar-refractivity contribution >= 4 is 34.4 Å². The zero-order chi connectivity index (χ0) is 25.8. The Labute approximate surface area is 218 Å².